The van der Waals surface area contributed by atoms with Gasteiger partial charge in [-0.2, -0.15) is 5.10 Å². The summed E-state index contributed by atoms with van der Waals surface area (Å²) in [6.07, 6.45) is 3.41. The molecule has 76 valence electrons. The van der Waals surface area contributed by atoms with Gasteiger partial charge in [0.15, 0.2) is 0 Å². The van der Waals surface area contributed by atoms with Gasteiger partial charge in [-0.3, -0.25) is 5.41 Å². The summed E-state index contributed by atoms with van der Waals surface area (Å²) < 4.78 is 1.61. The molecule has 0 aliphatic carbocycles. The molecule has 0 spiro atoms. The number of aromatic nitrogens is 2. The van der Waals surface area contributed by atoms with Crippen LogP contribution in [0.5, 0.6) is 5.75 Å². The summed E-state index contributed by atoms with van der Waals surface area (Å²) in [4.78, 5) is 0. The van der Waals surface area contributed by atoms with Crippen molar-refractivity contribution in [3.8, 4) is 11.4 Å². The third kappa shape index (κ3) is 1.67. The summed E-state index contributed by atoms with van der Waals surface area (Å²) >= 11 is 0. The van der Waals surface area contributed by atoms with Crippen LogP contribution in [0.25, 0.3) is 5.69 Å². The number of phenols is 1. The summed E-state index contributed by atoms with van der Waals surface area (Å²) in [5.74, 6) is -0.171. The minimum absolute atomic E-state index is 0.0181. The first-order valence-corrected chi connectivity index (χ1v) is 4.36. The molecular formula is C10H10N4O. The summed E-state index contributed by atoms with van der Waals surface area (Å²) in [5.41, 5.74) is 6.33. The molecule has 0 aliphatic heterocycles. The standard InChI is InChI=1S/C10H10N4O/c11-10(12)8-3-2-7(6-9(8)15)14-5-1-4-13-14/h1-6,15H,(H3,11,12). The molecule has 1 heterocycles. The average Bonchev–Trinajstić information content (AvgIpc) is 2.69. The minimum Gasteiger partial charge on any atom is -0.507 e. The van der Waals surface area contributed by atoms with Gasteiger partial charge in [-0.25, -0.2) is 4.68 Å². The Morgan fingerprint density at radius 1 is 1.47 bits per heavy atom. The molecule has 2 aromatic rings. The van der Waals surface area contributed by atoms with Gasteiger partial charge in [0.05, 0.1) is 11.3 Å². The smallest absolute Gasteiger partial charge is 0.128 e. The molecule has 1 aromatic heterocycles. The highest BCUT2D eigenvalue weighted by molar-refractivity contribution is 5.97. The van der Waals surface area contributed by atoms with E-state index in [0.717, 1.165) is 5.69 Å². The van der Waals surface area contributed by atoms with Crippen LogP contribution in [0.1, 0.15) is 5.56 Å². The quantitative estimate of drug-likeness (QED) is 0.498. The van der Waals surface area contributed by atoms with Crippen molar-refractivity contribution in [1.82, 2.24) is 9.78 Å². The van der Waals surface area contributed by atoms with Crippen molar-refractivity contribution in [1.29, 1.82) is 5.41 Å². The fourth-order valence-corrected chi connectivity index (χ4v) is 1.31. The fourth-order valence-electron chi connectivity index (χ4n) is 1.31. The van der Waals surface area contributed by atoms with Crippen LogP contribution >= 0.6 is 0 Å². The van der Waals surface area contributed by atoms with E-state index in [1.165, 1.54) is 6.07 Å². The highest BCUT2D eigenvalue weighted by atomic mass is 16.3. The lowest BCUT2D eigenvalue weighted by atomic mass is 10.1. The molecule has 0 saturated carbocycles. The Bertz CT molecular complexity index is 490. The molecule has 0 radical (unpaired) electrons. The fraction of sp³-hybridized carbons (Fsp3) is 0. The number of nitrogens with two attached hydrogens (primary N) is 1. The first-order chi connectivity index (χ1) is 7.18. The number of amidine groups is 1. The van der Waals surface area contributed by atoms with Crippen LogP contribution in [0.2, 0.25) is 0 Å². The topological polar surface area (TPSA) is 87.9 Å². The van der Waals surface area contributed by atoms with E-state index in [2.05, 4.69) is 5.10 Å². The molecule has 1 aromatic carbocycles. The van der Waals surface area contributed by atoms with E-state index < -0.39 is 0 Å². The van der Waals surface area contributed by atoms with Crippen LogP contribution < -0.4 is 5.73 Å². The van der Waals surface area contributed by atoms with Gasteiger partial charge in [-0.1, -0.05) is 0 Å². The Kier molecular flexibility index (Phi) is 2.13. The molecule has 0 aliphatic rings. The van der Waals surface area contributed by atoms with E-state index >= 15 is 0 Å². The van der Waals surface area contributed by atoms with Gasteiger partial charge >= 0.3 is 0 Å². The molecule has 0 saturated heterocycles. The maximum atomic E-state index is 9.60. The van der Waals surface area contributed by atoms with Crippen LogP contribution in [-0.4, -0.2) is 20.7 Å². The van der Waals surface area contributed by atoms with Crippen molar-refractivity contribution in [2.45, 2.75) is 0 Å². The number of hydrogen-bond acceptors (Lipinski definition) is 3. The van der Waals surface area contributed by atoms with Gasteiger partial charge in [0.2, 0.25) is 0 Å². The third-order valence-electron chi connectivity index (χ3n) is 2.04. The Balaban J connectivity index is 2.47. The lowest BCUT2D eigenvalue weighted by Gasteiger charge is -2.05. The van der Waals surface area contributed by atoms with E-state index in [0.29, 0.717) is 5.56 Å². The van der Waals surface area contributed by atoms with Crippen LogP contribution in [0.4, 0.5) is 0 Å². The van der Waals surface area contributed by atoms with Gasteiger partial charge < -0.3 is 10.8 Å². The zero-order valence-electron chi connectivity index (χ0n) is 7.88. The van der Waals surface area contributed by atoms with Gasteiger partial charge in [0, 0.05) is 18.5 Å². The second kappa shape index (κ2) is 3.45. The second-order valence-electron chi connectivity index (χ2n) is 3.07. The number of nitrogens with one attached hydrogen (secondary N) is 1. The number of aromatic hydroxyl groups is 1. The predicted octanol–water partition coefficient (Wildman–Crippen LogP) is 0.862. The van der Waals surface area contributed by atoms with Gasteiger partial charge in [0.25, 0.3) is 0 Å². The number of hydrogen-bond donors (Lipinski definition) is 3. The van der Waals surface area contributed by atoms with Crippen LogP contribution in [-0.2, 0) is 0 Å². The molecule has 0 unspecified atom stereocenters. The molecule has 4 N–H and O–H groups in total. The lowest BCUT2D eigenvalue weighted by Crippen LogP contribution is -2.11. The Morgan fingerprint density at radius 2 is 2.27 bits per heavy atom. The largest absolute Gasteiger partial charge is 0.507 e. The summed E-state index contributed by atoms with van der Waals surface area (Å²) in [7, 11) is 0. The average molecular weight is 202 g/mol. The summed E-state index contributed by atoms with van der Waals surface area (Å²) in [6, 6.07) is 6.64. The number of nitrogens with zero attached hydrogens (tertiary/aromatic N) is 2. The predicted molar refractivity (Wildman–Crippen MR) is 56.2 cm³/mol. The normalized spacial score (nSPS) is 10.1. The van der Waals surface area contributed by atoms with E-state index in [9.17, 15) is 5.11 Å². The first kappa shape index (κ1) is 9.26. The Hall–Kier alpha value is -2.30. The van der Waals surface area contributed by atoms with Crippen molar-refractivity contribution >= 4 is 5.84 Å². The SMILES string of the molecule is N=C(N)c1ccc(-n2cccn2)cc1O. The molecular weight excluding hydrogens is 192 g/mol. The highest BCUT2D eigenvalue weighted by Gasteiger charge is 2.05. The lowest BCUT2D eigenvalue weighted by molar-refractivity contribution is 0.473. The molecule has 0 fully saturated rings. The van der Waals surface area contributed by atoms with Crippen LogP contribution in [0, 0.1) is 5.41 Å². The van der Waals surface area contributed by atoms with E-state index in [1.54, 1.807) is 35.3 Å². The molecule has 2 rings (SSSR count). The van der Waals surface area contributed by atoms with Crippen LogP contribution in [0.3, 0.4) is 0 Å². The molecule has 15 heavy (non-hydrogen) atoms. The molecule has 5 nitrogen and oxygen atoms in total. The number of benzene rings is 1. The number of rotatable bonds is 2. The Morgan fingerprint density at radius 3 is 2.80 bits per heavy atom. The number of nitrogen functional groups attached to an aromatic ring is 1. The third-order valence-corrected chi connectivity index (χ3v) is 2.04. The monoisotopic (exact) mass is 202 g/mol. The van der Waals surface area contributed by atoms with Crippen molar-refractivity contribution in [3.05, 3.63) is 42.2 Å². The van der Waals surface area contributed by atoms with E-state index in [4.69, 9.17) is 11.1 Å². The molecule has 5 heteroatoms. The summed E-state index contributed by atoms with van der Waals surface area (Å²) in [5, 5.41) is 20.8. The van der Waals surface area contributed by atoms with E-state index in [-0.39, 0.29) is 11.6 Å². The minimum atomic E-state index is -0.153. The molecule has 0 amide bonds. The van der Waals surface area contributed by atoms with Gasteiger partial charge in [0.1, 0.15) is 11.6 Å². The van der Waals surface area contributed by atoms with Crippen molar-refractivity contribution < 1.29 is 5.11 Å². The zero-order chi connectivity index (χ0) is 10.8. The maximum Gasteiger partial charge on any atom is 0.128 e. The second-order valence-corrected chi connectivity index (χ2v) is 3.07. The zero-order valence-corrected chi connectivity index (χ0v) is 7.88. The van der Waals surface area contributed by atoms with Crippen molar-refractivity contribution in [3.63, 3.8) is 0 Å². The van der Waals surface area contributed by atoms with E-state index in [1.807, 2.05) is 0 Å². The molecule has 0 atom stereocenters. The van der Waals surface area contributed by atoms with Crippen molar-refractivity contribution in [2.24, 2.45) is 5.73 Å². The van der Waals surface area contributed by atoms with Gasteiger partial charge in [-0.15, -0.1) is 0 Å². The summed E-state index contributed by atoms with van der Waals surface area (Å²) in [6.45, 7) is 0. The van der Waals surface area contributed by atoms with Gasteiger partial charge in [-0.05, 0) is 18.2 Å². The highest BCUT2D eigenvalue weighted by Crippen LogP contribution is 2.20. The maximum absolute atomic E-state index is 9.60. The van der Waals surface area contributed by atoms with Crippen LogP contribution in [0.15, 0.2) is 36.7 Å². The molecule has 0 bridgehead atoms. The first-order valence-electron chi connectivity index (χ1n) is 4.36. The number of phenolic OH excluding ortho intramolecular Hbond substituents is 1. The van der Waals surface area contributed by atoms with Crippen molar-refractivity contribution in [2.75, 3.05) is 0 Å². The Labute approximate surface area is 86.3 Å².